The molecule has 0 atom stereocenters. The molecular formula is C14H11ClN4OS. The van der Waals surface area contributed by atoms with Crippen molar-refractivity contribution in [3.63, 3.8) is 0 Å². The van der Waals surface area contributed by atoms with Crippen LogP contribution in [-0.4, -0.2) is 25.3 Å². The number of aliphatic hydroxyl groups excluding tert-OH is 1. The van der Waals surface area contributed by atoms with E-state index < -0.39 is 0 Å². The Bertz CT molecular complexity index is 748. The van der Waals surface area contributed by atoms with Crippen molar-refractivity contribution in [1.82, 2.24) is 20.2 Å². The van der Waals surface area contributed by atoms with E-state index in [1.807, 2.05) is 42.5 Å². The summed E-state index contributed by atoms with van der Waals surface area (Å²) in [5, 5.41) is 22.3. The van der Waals surface area contributed by atoms with Gasteiger partial charge in [-0.15, -0.1) is 5.10 Å². The molecule has 0 aliphatic rings. The van der Waals surface area contributed by atoms with Crippen molar-refractivity contribution >= 4 is 23.4 Å². The topological polar surface area (TPSA) is 63.8 Å². The molecule has 0 saturated heterocycles. The van der Waals surface area contributed by atoms with Crippen LogP contribution in [-0.2, 0) is 6.61 Å². The zero-order valence-corrected chi connectivity index (χ0v) is 12.4. The predicted octanol–water partition coefficient (Wildman–Crippen LogP) is 2.96. The number of benzene rings is 2. The molecule has 0 fully saturated rings. The van der Waals surface area contributed by atoms with Crippen LogP contribution >= 0.6 is 23.4 Å². The van der Waals surface area contributed by atoms with Crippen LogP contribution in [0.5, 0.6) is 0 Å². The molecule has 0 spiro atoms. The van der Waals surface area contributed by atoms with Crippen LogP contribution in [0, 0.1) is 0 Å². The first-order valence-electron chi connectivity index (χ1n) is 6.19. The van der Waals surface area contributed by atoms with E-state index in [4.69, 9.17) is 11.6 Å². The van der Waals surface area contributed by atoms with Crippen LogP contribution in [0.2, 0.25) is 5.02 Å². The Balaban J connectivity index is 1.98. The van der Waals surface area contributed by atoms with Crippen LogP contribution in [0.25, 0.3) is 5.69 Å². The summed E-state index contributed by atoms with van der Waals surface area (Å²) in [5.74, 6) is 0. The second-order valence-electron chi connectivity index (χ2n) is 4.19. The summed E-state index contributed by atoms with van der Waals surface area (Å²) < 4.78 is 1.65. The molecule has 7 heteroatoms. The Labute approximate surface area is 130 Å². The van der Waals surface area contributed by atoms with Gasteiger partial charge in [0.2, 0.25) is 5.16 Å². The number of aliphatic hydroxyl groups is 1. The maximum absolute atomic E-state index is 9.46. The lowest BCUT2D eigenvalue weighted by Gasteiger charge is -2.08. The molecule has 2 aromatic carbocycles. The number of tetrazole rings is 1. The van der Waals surface area contributed by atoms with E-state index in [1.165, 1.54) is 11.8 Å². The molecule has 106 valence electrons. The molecule has 0 bridgehead atoms. The van der Waals surface area contributed by atoms with Crippen molar-refractivity contribution in [3.8, 4) is 5.69 Å². The first kappa shape index (κ1) is 14.1. The number of hydrogen-bond donors (Lipinski definition) is 1. The third-order valence-corrected chi connectivity index (χ3v) is 4.27. The van der Waals surface area contributed by atoms with Crippen molar-refractivity contribution in [2.45, 2.75) is 16.7 Å². The lowest BCUT2D eigenvalue weighted by molar-refractivity contribution is 0.279. The van der Waals surface area contributed by atoms with E-state index in [-0.39, 0.29) is 6.61 Å². The molecule has 0 aliphatic carbocycles. The Morgan fingerprint density at radius 2 is 1.90 bits per heavy atom. The van der Waals surface area contributed by atoms with E-state index in [1.54, 1.807) is 10.7 Å². The third-order valence-electron chi connectivity index (χ3n) is 2.88. The minimum absolute atomic E-state index is 0.130. The summed E-state index contributed by atoms with van der Waals surface area (Å²) in [6.07, 6.45) is 0. The van der Waals surface area contributed by atoms with Gasteiger partial charge in [-0.3, -0.25) is 0 Å². The maximum atomic E-state index is 9.46. The highest BCUT2D eigenvalue weighted by Crippen LogP contribution is 2.33. The van der Waals surface area contributed by atoms with Gasteiger partial charge in [0.15, 0.2) is 0 Å². The zero-order chi connectivity index (χ0) is 14.7. The van der Waals surface area contributed by atoms with E-state index in [0.717, 1.165) is 10.6 Å². The molecule has 0 aliphatic heterocycles. The van der Waals surface area contributed by atoms with Gasteiger partial charge >= 0.3 is 0 Å². The molecule has 0 amide bonds. The standard InChI is InChI=1S/C14H11ClN4OS/c15-12-7-4-8-13(11(12)9-20)21-14-16-17-18-19(14)10-5-2-1-3-6-10/h1-8,20H,9H2. The molecule has 1 N–H and O–H groups in total. The van der Waals surface area contributed by atoms with Gasteiger partial charge in [0, 0.05) is 15.5 Å². The van der Waals surface area contributed by atoms with Crippen molar-refractivity contribution in [2.24, 2.45) is 0 Å². The summed E-state index contributed by atoms with van der Waals surface area (Å²) in [4.78, 5) is 0.831. The second-order valence-corrected chi connectivity index (χ2v) is 5.60. The molecule has 21 heavy (non-hydrogen) atoms. The molecule has 1 aromatic heterocycles. The Morgan fingerprint density at radius 3 is 2.67 bits per heavy atom. The molecule has 0 unspecified atom stereocenters. The zero-order valence-electron chi connectivity index (χ0n) is 10.8. The molecule has 1 heterocycles. The van der Waals surface area contributed by atoms with Gasteiger partial charge in [0.1, 0.15) is 0 Å². The van der Waals surface area contributed by atoms with Crippen molar-refractivity contribution in [2.75, 3.05) is 0 Å². The van der Waals surface area contributed by atoms with E-state index in [2.05, 4.69) is 15.5 Å². The van der Waals surface area contributed by atoms with Crippen LogP contribution in [0.15, 0.2) is 58.6 Å². The largest absolute Gasteiger partial charge is 0.392 e. The highest BCUT2D eigenvalue weighted by molar-refractivity contribution is 7.99. The summed E-state index contributed by atoms with van der Waals surface area (Å²) in [6, 6.07) is 15.1. The highest BCUT2D eigenvalue weighted by Gasteiger charge is 2.13. The lowest BCUT2D eigenvalue weighted by atomic mass is 10.2. The van der Waals surface area contributed by atoms with Crippen LogP contribution in [0.3, 0.4) is 0 Å². The molecule has 3 aromatic rings. The fourth-order valence-electron chi connectivity index (χ4n) is 1.86. The number of halogens is 1. The van der Waals surface area contributed by atoms with Crippen LogP contribution < -0.4 is 0 Å². The Hall–Kier alpha value is -1.89. The monoisotopic (exact) mass is 318 g/mol. The quantitative estimate of drug-likeness (QED) is 0.801. The van der Waals surface area contributed by atoms with Crippen molar-refractivity contribution in [1.29, 1.82) is 0 Å². The number of rotatable bonds is 4. The van der Waals surface area contributed by atoms with Gasteiger partial charge in [-0.05, 0) is 46.5 Å². The van der Waals surface area contributed by atoms with Gasteiger partial charge in [-0.2, -0.15) is 4.68 Å². The Morgan fingerprint density at radius 1 is 1.10 bits per heavy atom. The smallest absolute Gasteiger partial charge is 0.218 e. The van der Waals surface area contributed by atoms with Gasteiger partial charge < -0.3 is 5.11 Å². The summed E-state index contributed by atoms with van der Waals surface area (Å²) in [7, 11) is 0. The molecular weight excluding hydrogens is 308 g/mol. The van der Waals surface area contributed by atoms with Gasteiger partial charge in [-0.1, -0.05) is 35.9 Å². The first-order valence-corrected chi connectivity index (χ1v) is 7.39. The minimum atomic E-state index is -0.130. The molecule has 5 nitrogen and oxygen atoms in total. The molecule has 0 radical (unpaired) electrons. The van der Waals surface area contributed by atoms with Crippen LogP contribution in [0.1, 0.15) is 5.56 Å². The SMILES string of the molecule is OCc1c(Cl)cccc1Sc1nnnn1-c1ccccc1. The average Bonchev–Trinajstić information content (AvgIpc) is 2.97. The fourth-order valence-corrected chi connectivity index (χ4v) is 3.10. The third kappa shape index (κ3) is 2.92. The summed E-state index contributed by atoms with van der Waals surface area (Å²) in [5.41, 5.74) is 1.55. The first-order chi connectivity index (χ1) is 10.3. The number of para-hydroxylation sites is 1. The summed E-state index contributed by atoms with van der Waals surface area (Å²) >= 11 is 7.46. The van der Waals surface area contributed by atoms with Gasteiger partial charge in [-0.25, -0.2) is 0 Å². The number of hydrogen-bond acceptors (Lipinski definition) is 5. The van der Waals surface area contributed by atoms with E-state index in [9.17, 15) is 5.11 Å². The fraction of sp³-hybridized carbons (Fsp3) is 0.0714. The molecule has 3 rings (SSSR count). The number of nitrogens with zero attached hydrogens (tertiary/aromatic N) is 4. The van der Waals surface area contributed by atoms with Gasteiger partial charge in [0.05, 0.1) is 12.3 Å². The van der Waals surface area contributed by atoms with Crippen LogP contribution in [0.4, 0.5) is 0 Å². The van der Waals surface area contributed by atoms with E-state index >= 15 is 0 Å². The minimum Gasteiger partial charge on any atom is -0.392 e. The van der Waals surface area contributed by atoms with E-state index in [0.29, 0.717) is 15.7 Å². The van der Waals surface area contributed by atoms with Gasteiger partial charge in [0.25, 0.3) is 0 Å². The lowest BCUT2D eigenvalue weighted by Crippen LogP contribution is -1.99. The molecule has 0 saturated carbocycles. The summed E-state index contributed by atoms with van der Waals surface area (Å²) in [6.45, 7) is -0.130. The highest BCUT2D eigenvalue weighted by atomic mass is 35.5. The average molecular weight is 319 g/mol. The maximum Gasteiger partial charge on any atom is 0.218 e. The predicted molar refractivity (Wildman–Crippen MR) is 80.7 cm³/mol. The number of aromatic nitrogens is 4. The van der Waals surface area contributed by atoms with Crippen molar-refractivity contribution in [3.05, 3.63) is 59.1 Å². The Kier molecular flexibility index (Phi) is 4.19. The normalized spacial score (nSPS) is 10.8. The van der Waals surface area contributed by atoms with Crippen molar-refractivity contribution < 1.29 is 5.11 Å². The second kappa shape index (κ2) is 6.26.